The van der Waals surface area contributed by atoms with Gasteiger partial charge in [-0.2, -0.15) is 0 Å². The Morgan fingerprint density at radius 3 is 2.83 bits per heavy atom. The molecule has 0 saturated carbocycles. The van der Waals surface area contributed by atoms with Crippen molar-refractivity contribution in [1.29, 1.82) is 0 Å². The maximum atomic E-state index is 12.5. The van der Waals surface area contributed by atoms with E-state index in [-0.39, 0.29) is 18.0 Å². The van der Waals surface area contributed by atoms with Gasteiger partial charge in [0, 0.05) is 19.0 Å². The number of ether oxygens (including phenoxy) is 1. The predicted molar refractivity (Wildman–Crippen MR) is 90.5 cm³/mol. The molecule has 1 aliphatic heterocycles. The molecule has 2 amide bonds. The van der Waals surface area contributed by atoms with Gasteiger partial charge in [0.15, 0.2) is 0 Å². The fraction of sp³-hybridized carbons (Fsp3) is 0.611. The van der Waals surface area contributed by atoms with Crippen molar-refractivity contribution in [2.45, 2.75) is 44.8 Å². The Kier molecular flexibility index (Phi) is 6.86. The van der Waals surface area contributed by atoms with Gasteiger partial charge in [-0.3, -0.25) is 0 Å². The molecule has 1 aromatic carbocycles. The molecule has 23 heavy (non-hydrogen) atoms. The normalized spacial score (nSPS) is 20.8. The fourth-order valence-corrected chi connectivity index (χ4v) is 3.05. The minimum absolute atomic E-state index is 0.0355. The second-order valence-electron chi connectivity index (χ2n) is 6.21. The van der Waals surface area contributed by atoms with Gasteiger partial charge in [0.05, 0.1) is 25.4 Å². The third-order valence-corrected chi connectivity index (χ3v) is 4.36. The van der Waals surface area contributed by atoms with Crippen molar-refractivity contribution in [2.24, 2.45) is 0 Å². The van der Waals surface area contributed by atoms with Gasteiger partial charge in [-0.1, -0.05) is 37.3 Å². The molecule has 0 aromatic heterocycles. The highest BCUT2D eigenvalue weighted by molar-refractivity contribution is 5.74. The van der Waals surface area contributed by atoms with Crippen molar-refractivity contribution < 1.29 is 14.6 Å². The SMILES string of the molecule is CCC1COCCN1C(=O)NCC(CC(C)O)c1ccccc1. The van der Waals surface area contributed by atoms with Crippen LogP contribution in [0.4, 0.5) is 4.79 Å². The summed E-state index contributed by atoms with van der Waals surface area (Å²) in [6.07, 6.45) is 1.12. The van der Waals surface area contributed by atoms with E-state index in [4.69, 9.17) is 4.74 Å². The lowest BCUT2D eigenvalue weighted by molar-refractivity contribution is 0.0112. The molecule has 2 rings (SSSR count). The Hall–Kier alpha value is -1.59. The number of nitrogens with zero attached hydrogens (tertiary/aromatic N) is 1. The topological polar surface area (TPSA) is 61.8 Å². The molecule has 5 heteroatoms. The van der Waals surface area contributed by atoms with Crippen molar-refractivity contribution in [3.05, 3.63) is 35.9 Å². The number of aliphatic hydroxyl groups is 1. The van der Waals surface area contributed by atoms with Crippen LogP contribution in [0.15, 0.2) is 30.3 Å². The Labute approximate surface area is 138 Å². The number of benzene rings is 1. The third-order valence-electron chi connectivity index (χ3n) is 4.36. The number of hydrogen-bond acceptors (Lipinski definition) is 3. The van der Waals surface area contributed by atoms with Gasteiger partial charge in [0.25, 0.3) is 0 Å². The summed E-state index contributed by atoms with van der Waals surface area (Å²) in [5.41, 5.74) is 1.14. The highest BCUT2D eigenvalue weighted by atomic mass is 16.5. The highest BCUT2D eigenvalue weighted by Gasteiger charge is 2.26. The van der Waals surface area contributed by atoms with Crippen LogP contribution >= 0.6 is 0 Å². The first kappa shape index (κ1) is 17.8. The molecule has 3 atom stereocenters. The van der Waals surface area contributed by atoms with Crippen molar-refractivity contribution in [3.63, 3.8) is 0 Å². The number of morpholine rings is 1. The monoisotopic (exact) mass is 320 g/mol. The molecule has 0 bridgehead atoms. The molecule has 0 spiro atoms. The lowest BCUT2D eigenvalue weighted by Crippen LogP contribution is -2.52. The third kappa shape index (κ3) is 5.22. The van der Waals surface area contributed by atoms with Gasteiger partial charge in [0.2, 0.25) is 0 Å². The molecule has 1 aromatic rings. The molecule has 0 aliphatic carbocycles. The molecule has 1 saturated heterocycles. The van der Waals surface area contributed by atoms with E-state index in [0.717, 1.165) is 12.0 Å². The van der Waals surface area contributed by atoms with E-state index in [2.05, 4.69) is 12.2 Å². The molecular formula is C18H28N2O3. The average Bonchev–Trinajstić information content (AvgIpc) is 2.58. The lowest BCUT2D eigenvalue weighted by Gasteiger charge is -2.35. The Morgan fingerprint density at radius 1 is 1.43 bits per heavy atom. The zero-order chi connectivity index (χ0) is 16.7. The molecule has 2 N–H and O–H groups in total. The summed E-state index contributed by atoms with van der Waals surface area (Å²) < 4.78 is 5.45. The Bertz CT molecular complexity index is 478. The van der Waals surface area contributed by atoms with Crippen molar-refractivity contribution in [2.75, 3.05) is 26.3 Å². The summed E-state index contributed by atoms with van der Waals surface area (Å²) >= 11 is 0. The first-order chi connectivity index (χ1) is 11.1. The summed E-state index contributed by atoms with van der Waals surface area (Å²) in [7, 11) is 0. The van der Waals surface area contributed by atoms with Gasteiger partial charge in [0.1, 0.15) is 0 Å². The van der Waals surface area contributed by atoms with Gasteiger partial charge in [-0.05, 0) is 25.3 Å². The van der Waals surface area contributed by atoms with E-state index >= 15 is 0 Å². The standard InChI is InChI=1S/C18H28N2O3/c1-3-17-13-23-10-9-20(17)18(22)19-12-16(11-14(2)21)15-7-5-4-6-8-15/h4-8,14,16-17,21H,3,9-13H2,1-2H3,(H,19,22). The van der Waals surface area contributed by atoms with Crippen molar-refractivity contribution >= 4 is 6.03 Å². The molecule has 1 heterocycles. The molecule has 5 nitrogen and oxygen atoms in total. The molecule has 1 aliphatic rings. The summed E-state index contributed by atoms with van der Waals surface area (Å²) in [5, 5.41) is 12.8. The van der Waals surface area contributed by atoms with Crippen LogP contribution in [0.2, 0.25) is 0 Å². The number of hydrogen-bond donors (Lipinski definition) is 2. The number of carbonyl (C=O) groups excluding carboxylic acids is 1. The van der Waals surface area contributed by atoms with Crippen molar-refractivity contribution in [3.8, 4) is 0 Å². The molecule has 1 fully saturated rings. The summed E-state index contributed by atoms with van der Waals surface area (Å²) in [5.74, 6) is 0.112. The first-order valence-electron chi connectivity index (χ1n) is 8.47. The zero-order valence-electron chi connectivity index (χ0n) is 14.1. The van der Waals surface area contributed by atoms with E-state index < -0.39 is 6.10 Å². The average molecular weight is 320 g/mol. The highest BCUT2D eigenvalue weighted by Crippen LogP contribution is 2.21. The first-order valence-corrected chi connectivity index (χ1v) is 8.47. The van der Waals surface area contributed by atoms with Crippen LogP contribution in [0.1, 0.15) is 38.2 Å². The fourth-order valence-electron chi connectivity index (χ4n) is 3.05. The number of rotatable bonds is 6. The largest absolute Gasteiger partial charge is 0.393 e. The van der Waals surface area contributed by atoms with Crippen LogP contribution in [0.5, 0.6) is 0 Å². The lowest BCUT2D eigenvalue weighted by atomic mass is 9.93. The Balaban J connectivity index is 1.96. The number of carbonyl (C=O) groups is 1. The predicted octanol–water partition coefficient (Wildman–Crippen LogP) is 2.36. The van der Waals surface area contributed by atoms with Gasteiger partial charge in [-0.15, -0.1) is 0 Å². The van der Waals surface area contributed by atoms with Crippen LogP contribution in [-0.2, 0) is 4.74 Å². The van der Waals surface area contributed by atoms with Crippen LogP contribution < -0.4 is 5.32 Å². The zero-order valence-corrected chi connectivity index (χ0v) is 14.1. The van der Waals surface area contributed by atoms with E-state index in [9.17, 15) is 9.90 Å². The number of amides is 2. The maximum Gasteiger partial charge on any atom is 0.317 e. The molecule has 3 unspecified atom stereocenters. The second-order valence-corrected chi connectivity index (χ2v) is 6.21. The number of nitrogens with one attached hydrogen (secondary N) is 1. The van der Waals surface area contributed by atoms with E-state index in [0.29, 0.717) is 32.7 Å². The second kappa shape index (κ2) is 8.89. The smallest absolute Gasteiger partial charge is 0.317 e. The van der Waals surface area contributed by atoms with Crippen LogP contribution in [0, 0.1) is 0 Å². The van der Waals surface area contributed by atoms with Crippen LogP contribution in [0.3, 0.4) is 0 Å². The van der Waals surface area contributed by atoms with Gasteiger partial charge >= 0.3 is 6.03 Å². The molecule has 0 radical (unpaired) electrons. The van der Waals surface area contributed by atoms with E-state index in [1.807, 2.05) is 35.2 Å². The van der Waals surface area contributed by atoms with Crippen molar-refractivity contribution in [1.82, 2.24) is 10.2 Å². The summed E-state index contributed by atoms with van der Waals surface area (Å²) in [6.45, 7) is 6.23. The Morgan fingerprint density at radius 2 is 2.17 bits per heavy atom. The van der Waals surface area contributed by atoms with Crippen LogP contribution in [0.25, 0.3) is 0 Å². The number of aliphatic hydroxyl groups excluding tert-OH is 1. The molecular weight excluding hydrogens is 292 g/mol. The number of urea groups is 1. The summed E-state index contributed by atoms with van der Waals surface area (Å²) in [6, 6.07) is 10.2. The molecule has 128 valence electrons. The summed E-state index contributed by atoms with van der Waals surface area (Å²) in [4.78, 5) is 14.4. The van der Waals surface area contributed by atoms with Crippen LogP contribution in [-0.4, -0.2) is 54.5 Å². The maximum absolute atomic E-state index is 12.5. The van der Waals surface area contributed by atoms with Gasteiger partial charge < -0.3 is 20.1 Å². The van der Waals surface area contributed by atoms with E-state index in [1.165, 1.54) is 0 Å². The minimum Gasteiger partial charge on any atom is -0.393 e. The quantitative estimate of drug-likeness (QED) is 0.846. The van der Waals surface area contributed by atoms with Gasteiger partial charge in [-0.25, -0.2) is 4.79 Å². The minimum atomic E-state index is -0.399. The van der Waals surface area contributed by atoms with E-state index in [1.54, 1.807) is 6.92 Å².